The molecule has 4 aromatic rings. The highest BCUT2D eigenvalue weighted by molar-refractivity contribution is 6.42. The van der Waals surface area contributed by atoms with Gasteiger partial charge in [-0.1, -0.05) is 58.5 Å². The lowest BCUT2D eigenvalue weighted by Crippen LogP contribution is -2.11. The number of halogens is 4. The van der Waals surface area contributed by atoms with Crippen LogP contribution in [0.2, 0.25) is 20.1 Å². The van der Waals surface area contributed by atoms with Crippen LogP contribution in [0.3, 0.4) is 0 Å². The van der Waals surface area contributed by atoms with Gasteiger partial charge in [-0.2, -0.15) is 10.1 Å². The standard InChI is InChI=1S/C18H11Cl4N5O/c19-10-3-1-8(5-12(10)21)7-27-15(9-2-4-11(20)13(22)6-9)14-16(26-27)24-18(23)25-17(14)28/h1-6H,7H2,(H3,23,24,25,26,28). The van der Waals surface area contributed by atoms with Crippen LogP contribution in [-0.2, 0) is 6.54 Å². The Morgan fingerprint density at radius 2 is 1.64 bits per heavy atom. The second kappa shape index (κ2) is 7.29. The molecule has 0 amide bonds. The summed E-state index contributed by atoms with van der Waals surface area (Å²) in [6.07, 6.45) is 0. The van der Waals surface area contributed by atoms with Gasteiger partial charge in [0, 0.05) is 5.56 Å². The number of nitrogens with one attached hydrogen (secondary N) is 1. The molecule has 0 saturated heterocycles. The van der Waals surface area contributed by atoms with Crippen molar-refractivity contribution in [2.75, 3.05) is 5.73 Å². The van der Waals surface area contributed by atoms with E-state index in [4.69, 9.17) is 52.1 Å². The first kappa shape index (κ1) is 19.1. The molecule has 2 aromatic carbocycles. The van der Waals surface area contributed by atoms with E-state index in [-0.39, 0.29) is 11.6 Å². The van der Waals surface area contributed by atoms with Crippen molar-refractivity contribution in [1.29, 1.82) is 0 Å². The van der Waals surface area contributed by atoms with Crippen LogP contribution in [0.15, 0.2) is 41.2 Å². The molecule has 0 bridgehead atoms. The molecule has 0 radical (unpaired) electrons. The fraction of sp³-hybridized carbons (Fsp3) is 0.0556. The quantitative estimate of drug-likeness (QED) is 0.454. The zero-order valence-electron chi connectivity index (χ0n) is 14.0. The maximum atomic E-state index is 12.6. The number of benzene rings is 2. The summed E-state index contributed by atoms with van der Waals surface area (Å²) in [6.45, 7) is 0.322. The van der Waals surface area contributed by atoms with E-state index in [1.165, 1.54) is 0 Å². The smallest absolute Gasteiger partial charge is 0.264 e. The van der Waals surface area contributed by atoms with Crippen LogP contribution in [0.25, 0.3) is 22.3 Å². The summed E-state index contributed by atoms with van der Waals surface area (Å²) in [5.41, 5.74) is 7.53. The molecule has 142 valence electrons. The van der Waals surface area contributed by atoms with Gasteiger partial charge in [0.25, 0.3) is 5.56 Å². The van der Waals surface area contributed by atoms with Crippen LogP contribution in [-0.4, -0.2) is 19.7 Å². The largest absolute Gasteiger partial charge is 0.369 e. The Balaban J connectivity index is 1.96. The highest BCUT2D eigenvalue weighted by Gasteiger charge is 2.19. The number of fused-ring (bicyclic) bond motifs is 1. The zero-order chi connectivity index (χ0) is 20.0. The van der Waals surface area contributed by atoms with Crippen LogP contribution in [0.4, 0.5) is 5.95 Å². The number of hydrogen-bond donors (Lipinski definition) is 2. The second-order valence-electron chi connectivity index (χ2n) is 6.03. The number of nitrogen functional groups attached to an aromatic ring is 1. The third-order valence-corrected chi connectivity index (χ3v) is 5.62. The molecule has 0 unspecified atom stereocenters. The third kappa shape index (κ3) is 3.44. The molecule has 0 aliphatic rings. The van der Waals surface area contributed by atoms with Crippen LogP contribution in [0.1, 0.15) is 5.56 Å². The summed E-state index contributed by atoms with van der Waals surface area (Å²) in [5, 5.41) is 6.40. The molecule has 2 heterocycles. The van der Waals surface area contributed by atoms with Crippen LogP contribution >= 0.6 is 46.4 Å². The summed E-state index contributed by atoms with van der Waals surface area (Å²) in [4.78, 5) is 19.2. The first-order valence-corrected chi connectivity index (χ1v) is 9.50. The van der Waals surface area contributed by atoms with Gasteiger partial charge in [0.15, 0.2) is 5.65 Å². The average Bonchev–Trinajstić information content (AvgIpc) is 2.98. The molecule has 0 aliphatic heterocycles. The van der Waals surface area contributed by atoms with E-state index in [2.05, 4.69) is 15.1 Å². The van der Waals surface area contributed by atoms with E-state index in [0.29, 0.717) is 43.3 Å². The van der Waals surface area contributed by atoms with E-state index in [1.54, 1.807) is 35.0 Å². The SMILES string of the molecule is Nc1nc2nn(Cc3ccc(Cl)c(Cl)c3)c(-c3ccc(Cl)c(Cl)c3)c2c(=O)[nH]1. The van der Waals surface area contributed by atoms with Crippen molar-refractivity contribution in [3.05, 3.63) is 72.4 Å². The fourth-order valence-electron chi connectivity index (χ4n) is 2.92. The fourth-order valence-corrected chi connectivity index (χ4v) is 3.54. The molecular formula is C18H11Cl4N5O. The summed E-state index contributed by atoms with van der Waals surface area (Å²) in [5.74, 6) is -0.0163. The molecule has 0 aliphatic carbocycles. The summed E-state index contributed by atoms with van der Waals surface area (Å²) in [7, 11) is 0. The first-order chi connectivity index (χ1) is 13.3. The number of aromatic nitrogens is 4. The molecule has 0 fully saturated rings. The Kier molecular flexibility index (Phi) is 4.97. The van der Waals surface area contributed by atoms with E-state index in [0.717, 1.165) is 5.56 Å². The van der Waals surface area contributed by atoms with Gasteiger partial charge in [-0.25, -0.2) is 0 Å². The van der Waals surface area contributed by atoms with Crippen LogP contribution < -0.4 is 11.3 Å². The Labute approximate surface area is 178 Å². The van der Waals surface area contributed by atoms with Crippen LogP contribution in [0.5, 0.6) is 0 Å². The predicted molar refractivity (Wildman–Crippen MR) is 114 cm³/mol. The number of hydrogen-bond acceptors (Lipinski definition) is 4. The van der Waals surface area contributed by atoms with E-state index in [9.17, 15) is 4.79 Å². The van der Waals surface area contributed by atoms with Crippen molar-refractivity contribution in [2.45, 2.75) is 6.54 Å². The Morgan fingerprint density at radius 1 is 0.964 bits per heavy atom. The van der Waals surface area contributed by atoms with Crippen molar-refractivity contribution >= 4 is 63.4 Å². The highest BCUT2D eigenvalue weighted by Crippen LogP contribution is 2.32. The van der Waals surface area contributed by atoms with Gasteiger partial charge in [0.2, 0.25) is 5.95 Å². The molecule has 0 spiro atoms. The minimum atomic E-state index is -0.399. The van der Waals surface area contributed by atoms with Crippen molar-refractivity contribution < 1.29 is 0 Å². The minimum Gasteiger partial charge on any atom is -0.369 e. The molecule has 4 rings (SSSR count). The summed E-state index contributed by atoms with van der Waals surface area (Å²) < 4.78 is 1.64. The summed E-state index contributed by atoms with van der Waals surface area (Å²) >= 11 is 24.3. The monoisotopic (exact) mass is 453 g/mol. The van der Waals surface area contributed by atoms with Gasteiger partial charge >= 0.3 is 0 Å². The molecule has 10 heteroatoms. The Bertz CT molecular complexity index is 1280. The number of anilines is 1. The van der Waals surface area contributed by atoms with Gasteiger partial charge < -0.3 is 5.73 Å². The van der Waals surface area contributed by atoms with Gasteiger partial charge in [-0.3, -0.25) is 14.5 Å². The molecule has 0 saturated carbocycles. The highest BCUT2D eigenvalue weighted by atomic mass is 35.5. The van der Waals surface area contributed by atoms with E-state index in [1.807, 2.05) is 6.07 Å². The van der Waals surface area contributed by atoms with Gasteiger partial charge in [0.1, 0.15) is 5.39 Å². The molecule has 6 nitrogen and oxygen atoms in total. The van der Waals surface area contributed by atoms with Crippen molar-refractivity contribution in [2.24, 2.45) is 0 Å². The number of H-pyrrole nitrogens is 1. The number of nitrogens with two attached hydrogens (primary N) is 1. The van der Waals surface area contributed by atoms with Crippen molar-refractivity contribution in [1.82, 2.24) is 19.7 Å². The lowest BCUT2D eigenvalue weighted by Gasteiger charge is -2.10. The van der Waals surface area contributed by atoms with Gasteiger partial charge in [-0.05, 0) is 29.8 Å². The van der Waals surface area contributed by atoms with E-state index >= 15 is 0 Å². The zero-order valence-corrected chi connectivity index (χ0v) is 17.0. The number of rotatable bonds is 3. The minimum absolute atomic E-state index is 0.0163. The van der Waals surface area contributed by atoms with Gasteiger partial charge in [0.05, 0.1) is 32.3 Å². The molecule has 28 heavy (non-hydrogen) atoms. The normalized spacial score (nSPS) is 11.3. The van der Waals surface area contributed by atoms with Crippen molar-refractivity contribution in [3.63, 3.8) is 0 Å². The predicted octanol–water partition coefficient (Wildman–Crippen LogP) is 5.03. The Hall–Kier alpha value is -2.25. The first-order valence-electron chi connectivity index (χ1n) is 7.99. The topological polar surface area (TPSA) is 89.6 Å². The van der Waals surface area contributed by atoms with E-state index < -0.39 is 5.56 Å². The second-order valence-corrected chi connectivity index (χ2v) is 7.66. The lowest BCUT2D eigenvalue weighted by atomic mass is 10.1. The molecule has 2 aromatic heterocycles. The molecule has 3 N–H and O–H groups in total. The number of nitrogens with zero attached hydrogens (tertiary/aromatic N) is 3. The third-order valence-electron chi connectivity index (χ3n) is 4.14. The van der Waals surface area contributed by atoms with Crippen LogP contribution in [0, 0.1) is 0 Å². The molecular weight excluding hydrogens is 444 g/mol. The molecule has 0 atom stereocenters. The summed E-state index contributed by atoms with van der Waals surface area (Å²) in [6, 6.07) is 10.3. The Morgan fingerprint density at radius 3 is 2.32 bits per heavy atom. The lowest BCUT2D eigenvalue weighted by molar-refractivity contribution is 0.701. The average molecular weight is 455 g/mol. The van der Waals surface area contributed by atoms with Crippen molar-refractivity contribution in [3.8, 4) is 11.3 Å². The number of aromatic amines is 1. The maximum absolute atomic E-state index is 12.6. The van der Waals surface area contributed by atoms with Gasteiger partial charge in [-0.15, -0.1) is 0 Å². The maximum Gasteiger partial charge on any atom is 0.264 e.